The van der Waals surface area contributed by atoms with E-state index in [0.29, 0.717) is 9.79 Å². The van der Waals surface area contributed by atoms with Crippen LogP contribution in [0.2, 0.25) is 5.02 Å². The molecule has 25 heavy (non-hydrogen) atoms. The van der Waals surface area contributed by atoms with Gasteiger partial charge in [0.2, 0.25) is 0 Å². The number of hydrogen-bond donors (Lipinski definition) is 1. The molecule has 7 nitrogen and oxygen atoms in total. The first-order valence-corrected chi connectivity index (χ1v) is 9.09. The Morgan fingerprint density at radius 2 is 2.12 bits per heavy atom. The summed E-state index contributed by atoms with van der Waals surface area (Å²) in [6.07, 6.45) is 4.83. The van der Waals surface area contributed by atoms with Crippen molar-refractivity contribution in [2.75, 3.05) is 32.8 Å². The van der Waals surface area contributed by atoms with E-state index in [4.69, 9.17) is 28.6 Å². The lowest BCUT2D eigenvalue weighted by atomic mass is 10.3. The highest BCUT2D eigenvalue weighted by atomic mass is 35.5. The molecule has 1 aliphatic heterocycles. The molecule has 1 aliphatic rings. The number of nitrogens with zero attached hydrogens (tertiary/aromatic N) is 5. The number of imidazole rings is 1. The summed E-state index contributed by atoms with van der Waals surface area (Å²) in [5.41, 5.74) is 1.57. The molecule has 0 atom stereocenters. The molecule has 4 heterocycles. The van der Waals surface area contributed by atoms with E-state index in [1.165, 1.54) is 0 Å². The average molecular weight is 379 g/mol. The summed E-state index contributed by atoms with van der Waals surface area (Å²) in [7, 11) is 0. The normalized spacial score (nSPS) is 15.9. The van der Waals surface area contributed by atoms with Gasteiger partial charge in [-0.3, -0.25) is 14.6 Å². The summed E-state index contributed by atoms with van der Waals surface area (Å²) in [6.45, 7) is 5.46. The molecule has 1 saturated heterocycles. The molecule has 0 amide bonds. The molecule has 0 saturated carbocycles. The first-order valence-electron chi connectivity index (χ1n) is 8.31. The van der Waals surface area contributed by atoms with Gasteiger partial charge < -0.3 is 9.14 Å². The Labute approximate surface area is 155 Å². The van der Waals surface area contributed by atoms with Gasteiger partial charge in [0.05, 0.1) is 13.2 Å². The van der Waals surface area contributed by atoms with Crippen LogP contribution < -0.4 is 0 Å². The number of H-pyrrole nitrogens is 1. The van der Waals surface area contributed by atoms with Gasteiger partial charge >= 0.3 is 0 Å². The Hall–Kier alpha value is -1.74. The van der Waals surface area contributed by atoms with Gasteiger partial charge in [0.15, 0.2) is 10.6 Å². The van der Waals surface area contributed by atoms with Gasteiger partial charge in [-0.25, -0.2) is 4.98 Å². The second-order valence-corrected chi connectivity index (χ2v) is 6.87. The van der Waals surface area contributed by atoms with E-state index in [-0.39, 0.29) is 0 Å². The van der Waals surface area contributed by atoms with Crippen LogP contribution in [0.1, 0.15) is 6.42 Å². The number of rotatable bonds is 5. The highest BCUT2D eigenvalue weighted by molar-refractivity contribution is 7.71. The van der Waals surface area contributed by atoms with Crippen molar-refractivity contribution in [3.63, 3.8) is 0 Å². The van der Waals surface area contributed by atoms with E-state index in [0.717, 1.165) is 63.0 Å². The van der Waals surface area contributed by atoms with Gasteiger partial charge in [0, 0.05) is 49.7 Å². The summed E-state index contributed by atoms with van der Waals surface area (Å²) < 4.78 is 9.94. The monoisotopic (exact) mass is 378 g/mol. The standard InChI is InChI=1S/C16H19ClN6OS/c17-12-2-5-22-11-13(18-14(22)10-12)15-19-20-16(25)23(15)4-1-3-21-6-8-24-9-7-21/h2,5,10-11H,1,3-4,6-9H2,(H,20,25). The SMILES string of the molecule is S=c1[nH]nc(-c2cn3ccc(Cl)cc3n2)n1CCCN1CCOCC1. The van der Waals surface area contributed by atoms with Crippen molar-refractivity contribution >= 4 is 29.5 Å². The van der Waals surface area contributed by atoms with Crippen LogP contribution in [-0.4, -0.2) is 61.9 Å². The van der Waals surface area contributed by atoms with Crippen molar-refractivity contribution in [1.82, 2.24) is 29.0 Å². The quantitative estimate of drug-likeness (QED) is 0.691. The first kappa shape index (κ1) is 16.7. The molecular formula is C16H19ClN6OS. The third-order valence-electron chi connectivity index (χ3n) is 4.37. The number of aromatic amines is 1. The fourth-order valence-corrected chi connectivity index (χ4v) is 3.44. The van der Waals surface area contributed by atoms with Crippen LogP contribution in [-0.2, 0) is 11.3 Å². The van der Waals surface area contributed by atoms with Crippen LogP contribution >= 0.6 is 23.8 Å². The molecular weight excluding hydrogens is 360 g/mol. The van der Waals surface area contributed by atoms with E-state index in [2.05, 4.69) is 20.1 Å². The van der Waals surface area contributed by atoms with Crippen molar-refractivity contribution < 1.29 is 4.74 Å². The molecule has 0 aliphatic carbocycles. The number of fused-ring (bicyclic) bond motifs is 1. The van der Waals surface area contributed by atoms with Gasteiger partial charge in [0.25, 0.3) is 0 Å². The largest absolute Gasteiger partial charge is 0.379 e. The van der Waals surface area contributed by atoms with Crippen LogP contribution in [0.5, 0.6) is 0 Å². The van der Waals surface area contributed by atoms with Crippen molar-refractivity contribution in [3.05, 3.63) is 34.3 Å². The summed E-state index contributed by atoms with van der Waals surface area (Å²) in [5, 5.41) is 7.92. The molecule has 3 aromatic heterocycles. The van der Waals surface area contributed by atoms with Crippen LogP contribution in [0.4, 0.5) is 0 Å². The minimum atomic E-state index is 0.618. The van der Waals surface area contributed by atoms with Crippen LogP contribution in [0.3, 0.4) is 0 Å². The van der Waals surface area contributed by atoms with Crippen molar-refractivity contribution in [2.24, 2.45) is 0 Å². The third-order valence-corrected chi connectivity index (χ3v) is 4.92. The van der Waals surface area contributed by atoms with Crippen molar-refractivity contribution in [1.29, 1.82) is 0 Å². The number of pyridine rings is 1. The fourth-order valence-electron chi connectivity index (χ4n) is 3.06. The maximum atomic E-state index is 6.04. The molecule has 0 spiro atoms. The molecule has 9 heteroatoms. The van der Waals surface area contributed by atoms with Crippen molar-refractivity contribution in [2.45, 2.75) is 13.0 Å². The molecule has 4 rings (SSSR count). The van der Waals surface area contributed by atoms with Crippen LogP contribution in [0.15, 0.2) is 24.5 Å². The molecule has 1 N–H and O–H groups in total. The highest BCUT2D eigenvalue weighted by Crippen LogP contribution is 2.20. The maximum Gasteiger partial charge on any atom is 0.195 e. The minimum absolute atomic E-state index is 0.618. The van der Waals surface area contributed by atoms with Gasteiger partial charge in [-0.2, -0.15) is 5.10 Å². The maximum absolute atomic E-state index is 6.04. The second-order valence-electron chi connectivity index (χ2n) is 6.05. The molecule has 0 unspecified atom stereocenters. The predicted molar refractivity (Wildman–Crippen MR) is 98.5 cm³/mol. The minimum Gasteiger partial charge on any atom is -0.379 e. The summed E-state index contributed by atoms with van der Waals surface area (Å²) in [4.78, 5) is 7.03. The molecule has 132 valence electrons. The summed E-state index contributed by atoms with van der Waals surface area (Å²) in [6, 6.07) is 3.66. The zero-order chi connectivity index (χ0) is 17.2. The topological polar surface area (TPSA) is 63.4 Å². The van der Waals surface area contributed by atoms with Crippen LogP contribution in [0, 0.1) is 4.77 Å². The Morgan fingerprint density at radius 1 is 1.28 bits per heavy atom. The zero-order valence-electron chi connectivity index (χ0n) is 13.7. The lowest BCUT2D eigenvalue weighted by Crippen LogP contribution is -2.37. The van der Waals surface area contributed by atoms with E-state index in [1.54, 1.807) is 0 Å². The van der Waals surface area contributed by atoms with E-state index >= 15 is 0 Å². The highest BCUT2D eigenvalue weighted by Gasteiger charge is 2.14. The zero-order valence-corrected chi connectivity index (χ0v) is 15.3. The van der Waals surface area contributed by atoms with E-state index < -0.39 is 0 Å². The second kappa shape index (κ2) is 7.25. The van der Waals surface area contributed by atoms with Gasteiger partial charge in [-0.15, -0.1) is 0 Å². The van der Waals surface area contributed by atoms with E-state index in [1.807, 2.05) is 33.5 Å². The Morgan fingerprint density at radius 3 is 2.96 bits per heavy atom. The number of hydrogen-bond acceptors (Lipinski definition) is 5. The van der Waals surface area contributed by atoms with Gasteiger partial charge in [-0.05, 0) is 24.7 Å². The van der Waals surface area contributed by atoms with Crippen molar-refractivity contribution in [3.8, 4) is 11.5 Å². The lowest BCUT2D eigenvalue weighted by Gasteiger charge is -2.26. The smallest absolute Gasteiger partial charge is 0.195 e. The van der Waals surface area contributed by atoms with Gasteiger partial charge in [-0.1, -0.05) is 11.6 Å². The average Bonchev–Trinajstić information content (AvgIpc) is 3.19. The number of nitrogens with one attached hydrogen (secondary N) is 1. The van der Waals surface area contributed by atoms with Gasteiger partial charge in [0.1, 0.15) is 11.3 Å². The third kappa shape index (κ3) is 3.62. The number of halogens is 1. The van der Waals surface area contributed by atoms with Crippen LogP contribution in [0.25, 0.3) is 17.2 Å². The van der Waals surface area contributed by atoms with E-state index in [9.17, 15) is 0 Å². The fraction of sp³-hybridized carbons (Fsp3) is 0.438. The Kier molecular flexibility index (Phi) is 4.85. The number of aromatic nitrogens is 5. The number of ether oxygens (including phenoxy) is 1. The predicted octanol–water partition coefficient (Wildman–Crippen LogP) is 2.63. The molecule has 1 fully saturated rings. The Bertz CT molecular complexity index is 926. The molecule has 0 aromatic carbocycles. The first-order chi connectivity index (χ1) is 12.2. The summed E-state index contributed by atoms with van der Waals surface area (Å²) in [5.74, 6) is 0.756. The number of morpholine rings is 1. The molecule has 3 aromatic rings. The Balaban J connectivity index is 1.53. The molecule has 0 bridgehead atoms. The lowest BCUT2D eigenvalue weighted by molar-refractivity contribution is 0.0369. The summed E-state index contributed by atoms with van der Waals surface area (Å²) >= 11 is 11.4. The molecule has 0 radical (unpaired) electrons.